The van der Waals surface area contributed by atoms with Crippen molar-refractivity contribution in [2.24, 2.45) is 0 Å². The van der Waals surface area contributed by atoms with Gasteiger partial charge >= 0.3 is 0 Å². The highest BCUT2D eigenvalue weighted by molar-refractivity contribution is 7.25. The standard InChI is InChI=1S/C60H39NS/c1-4-17-40(18-5-1)47-35-36-56(51-27-12-10-25-48(47)51)61(46-32-34-53-52-28-14-15-30-57(52)62-58(53)39-46)45-24-16-23-43(37-45)44-31-33-50-49-26-11-13-29-54(49)59(41-19-6-2-7-20-41)60(55(50)38-44)42-21-8-3-9-22-42/h1-39H. The normalized spacial score (nSPS) is 11.5. The van der Waals surface area contributed by atoms with E-state index >= 15 is 0 Å². The second-order valence-electron chi connectivity index (χ2n) is 16.0. The number of thiophene rings is 1. The SMILES string of the molecule is c1ccc(-c2ccc(N(c3cccc(-c4ccc5c(c4)c(-c4ccccc4)c(-c4ccccc4)c4ccccc45)c3)c3ccc4c(c3)sc3ccccc34)c3ccccc23)cc1. The molecule has 1 heterocycles. The Kier molecular flexibility index (Phi) is 8.76. The molecule has 2 heteroatoms. The van der Waals surface area contributed by atoms with Crippen LogP contribution in [0.25, 0.3) is 97.0 Å². The van der Waals surface area contributed by atoms with Crippen LogP contribution in [0.5, 0.6) is 0 Å². The molecule has 0 atom stereocenters. The number of nitrogens with zero attached hydrogens (tertiary/aromatic N) is 1. The van der Waals surface area contributed by atoms with Crippen LogP contribution in [-0.2, 0) is 0 Å². The molecule has 0 aliphatic carbocycles. The summed E-state index contributed by atoms with van der Waals surface area (Å²) in [6.07, 6.45) is 0. The van der Waals surface area contributed by atoms with E-state index in [1.807, 2.05) is 11.3 Å². The van der Waals surface area contributed by atoms with Crippen molar-refractivity contribution in [2.75, 3.05) is 4.90 Å². The van der Waals surface area contributed by atoms with E-state index in [-0.39, 0.29) is 0 Å². The first-order chi connectivity index (χ1) is 30.8. The molecular formula is C60H39NS. The summed E-state index contributed by atoms with van der Waals surface area (Å²) in [6.45, 7) is 0. The number of fused-ring (bicyclic) bond motifs is 7. The van der Waals surface area contributed by atoms with Gasteiger partial charge in [0, 0.05) is 36.9 Å². The Morgan fingerprint density at radius 3 is 1.52 bits per heavy atom. The lowest BCUT2D eigenvalue weighted by Crippen LogP contribution is -2.10. The quantitative estimate of drug-likeness (QED) is 0.145. The first-order valence-electron chi connectivity index (χ1n) is 21.3. The molecule has 0 saturated heterocycles. The lowest BCUT2D eigenvalue weighted by atomic mass is 9.84. The largest absolute Gasteiger partial charge is 0.310 e. The van der Waals surface area contributed by atoms with Crippen LogP contribution in [0.2, 0.25) is 0 Å². The molecule has 0 amide bonds. The van der Waals surface area contributed by atoms with Crippen molar-refractivity contribution in [2.45, 2.75) is 0 Å². The molecule has 290 valence electrons. The summed E-state index contributed by atoms with van der Waals surface area (Å²) >= 11 is 1.86. The van der Waals surface area contributed by atoms with Gasteiger partial charge in [0.25, 0.3) is 0 Å². The number of benzene rings is 11. The maximum absolute atomic E-state index is 2.46. The molecule has 0 bridgehead atoms. The van der Waals surface area contributed by atoms with Gasteiger partial charge in [0.1, 0.15) is 0 Å². The zero-order valence-corrected chi connectivity index (χ0v) is 34.7. The van der Waals surface area contributed by atoms with Crippen molar-refractivity contribution < 1.29 is 0 Å². The maximum Gasteiger partial charge on any atom is 0.0540 e. The van der Waals surface area contributed by atoms with E-state index in [1.165, 1.54) is 91.4 Å². The van der Waals surface area contributed by atoms with E-state index < -0.39 is 0 Å². The highest BCUT2D eigenvalue weighted by Crippen LogP contribution is 2.48. The zero-order valence-electron chi connectivity index (χ0n) is 33.9. The van der Waals surface area contributed by atoms with Gasteiger partial charge in [-0.2, -0.15) is 0 Å². The van der Waals surface area contributed by atoms with Crippen molar-refractivity contribution in [1.82, 2.24) is 0 Å². The molecular weight excluding hydrogens is 767 g/mol. The monoisotopic (exact) mass is 805 g/mol. The third-order valence-electron chi connectivity index (χ3n) is 12.4. The molecule has 12 aromatic rings. The summed E-state index contributed by atoms with van der Waals surface area (Å²) in [6, 6.07) is 86.8. The molecule has 0 fully saturated rings. The van der Waals surface area contributed by atoms with Gasteiger partial charge in [-0.05, 0) is 114 Å². The fourth-order valence-electron chi connectivity index (χ4n) is 9.63. The maximum atomic E-state index is 2.46. The summed E-state index contributed by atoms with van der Waals surface area (Å²) in [7, 11) is 0. The average Bonchev–Trinajstić information content (AvgIpc) is 3.72. The summed E-state index contributed by atoms with van der Waals surface area (Å²) in [5, 5.41) is 10.0. The van der Waals surface area contributed by atoms with Gasteiger partial charge in [-0.25, -0.2) is 0 Å². The van der Waals surface area contributed by atoms with Crippen LogP contribution in [0, 0.1) is 0 Å². The van der Waals surface area contributed by atoms with Crippen LogP contribution >= 0.6 is 11.3 Å². The minimum Gasteiger partial charge on any atom is -0.310 e. The van der Waals surface area contributed by atoms with Crippen molar-refractivity contribution in [3.63, 3.8) is 0 Å². The summed E-state index contributed by atoms with van der Waals surface area (Å²) in [4.78, 5) is 2.46. The van der Waals surface area contributed by atoms with Crippen LogP contribution in [0.3, 0.4) is 0 Å². The predicted octanol–water partition coefficient (Wildman–Crippen LogP) is 17.7. The second-order valence-corrected chi connectivity index (χ2v) is 17.1. The molecule has 0 radical (unpaired) electrons. The van der Waals surface area contributed by atoms with Crippen molar-refractivity contribution >= 4 is 80.9 Å². The Labute approximate surface area is 365 Å². The highest BCUT2D eigenvalue weighted by Gasteiger charge is 2.21. The first kappa shape index (κ1) is 36.1. The smallest absolute Gasteiger partial charge is 0.0540 e. The minimum atomic E-state index is 1.10. The van der Waals surface area contributed by atoms with Crippen LogP contribution < -0.4 is 4.90 Å². The van der Waals surface area contributed by atoms with E-state index in [0.717, 1.165) is 22.6 Å². The van der Waals surface area contributed by atoms with Crippen LogP contribution in [0.15, 0.2) is 237 Å². The molecule has 62 heavy (non-hydrogen) atoms. The Morgan fingerprint density at radius 1 is 0.258 bits per heavy atom. The predicted molar refractivity (Wildman–Crippen MR) is 268 cm³/mol. The number of hydrogen-bond acceptors (Lipinski definition) is 2. The van der Waals surface area contributed by atoms with Gasteiger partial charge in [-0.1, -0.05) is 194 Å². The zero-order chi connectivity index (χ0) is 41.0. The van der Waals surface area contributed by atoms with Gasteiger partial charge in [0.05, 0.1) is 5.69 Å². The van der Waals surface area contributed by atoms with Crippen LogP contribution in [0.1, 0.15) is 0 Å². The molecule has 11 aromatic carbocycles. The van der Waals surface area contributed by atoms with Crippen molar-refractivity contribution in [3.8, 4) is 44.5 Å². The van der Waals surface area contributed by atoms with Crippen LogP contribution in [0.4, 0.5) is 17.1 Å². The molecule has 0 spiro atoms. The fraction of sp³-hybridized carbons (Fsp3) is 0. The van der Waals surface area contributed by atoms with Crippen molar-refractivity contribution in [3.05, 3.63) is 237 Å². The molecule has 0 aliphatic heterocycles. The Hall–Kier alpha value is -7.78. The van der Waals surface area contributed by atoms with Gasteiger partial charge in [0.2, 0.25) is 0 Å². The van der Waals surface area contributed by atoms with Gasteiger partial charge in [0.15, 0.2) is 0 Å². The lowest BCUT2D eigenvalue weighted by molar-refractivity contribution is 1.30. The Bertz CT molecular complexity index is 3630. The summed E-state index contributed by atoms with van der Waals surface area (Å²) in [5.74, 6) is 0. The molecule has 0 unspecified atom stereocenters. The number of rotatable bonds is 7. The summed E-state index contributed by atoms with van der Waals surface area (Å²) < 4.78 is 2.58. The average molecular weight is 806 g/mol. The minimum absolute atomic E-state index is 1.10. The summed E-state index contributed by atoms with van der Waals surface area (Å²) in [5.41, 5.74) is 13.1. The van der Waals surface area contributed by atoms with E-state index in [0.29, 0.717) is 0 Å². The molecule has 0 saturated carbocycles. The number of hydrogen-bond donors (Lipinski definition) is 0. The van der Waals surface area contributed by atoms with Gasteiger partial charge in [-0.3, -0.25) is 0 Å². The Balaban J connectivity index is 1.09. The fourth-order valence-corrected chi connectivity index (χ4v) is 10.8. The third kappa shape index (κ3) is 6.07. The molecule has 1 aromatic heterocycles. The van der Waals surface area contributed by atoms with E-state index in [2.05, 4.69) is 241 Å². The second kappa shape index (κ2) is 15.0. The van der Waals surface area contributed by atoms with Crippen LogP contribution in [-0.4, -0.2) is 0 Å². The third-order valence-corrected chi connectivity index (χ3v) is 13.6. The molecule has 0 N–H and O–H groups in total. The van der Waals surface area contributed by atoms with E-state index in [4.69, 9.17) is 0 Å². The van der Waals surface area contributed by atoms with Crippen molar-refractivity contribution in [1.29, 1.82) is 0 Å². The highest BCUT2D eigenvalue weighted by atomic mass is 32.1. The topological polar surface area (TPSA) is 3.24 Å². The molecule has 1 nitrogen and oxygen atoms in total. The number of anilines is 3. The van der Waals surface area contributed by atoms with Gasteiger partial charge < -0.3 is 4.90 Å². The molecule has 12 rings (SSSR count). The van der Waals surface area contributed by atoms with Gasteiger partial charge in [-0.15, -0.1) is 11.3 Å². The molecule has 0 aliphatic rings. The first-order valence-corrected chi connectivity index (χ1v) is 22.1. The lowest BCUT2D eigenvalue weighted by Gasteiger charge is -2.28. The van der Waals surface area contributed by atoms with E-state index in [9.17, 15) is 0 Å². The Morgan fingerprint density at radius 2 is 0.774 bits per heavy atom. The van der Waals surface area contributed by atoms with E-state index in [1.54, 1.807) is 0 Å².